The Labute approximate surface area is 280 Å². The highest BCUT2D eigenvalue weighted by Gasteiger charge is 2.23. The average Bonchev–Trinajstić information content (AvgIpc) is 3.01. The maximum Gasteiger partial charge on any atom is 0.317 e. The van der Waals surface area contributed by atoms with Crippen LogP contribution in [0.3, 0.4) is 0 Å². The molecule has 1 aromatic rings. The van der Waals surface area contributed by atoms with Crippen LogP contribution < -0.4 is 37.9 Å². The third kappa shape index (κ3) is 15.0. The summed E-state index contributed by atoms with van der Waals surface area (Å²) in [6.45, 7) is 7.28. The third-order valence-corrected chi connectivity index (χ3v) is 8.02. The van der Waals surface area contributed by atoms with Gasteiger partial charge in [0.15, 0.2) is 0 Å². The summed E-state index contributed by atoms with van der Waals surface area (Å²) in [5, 5.41) is 40.0. The van der Waals surface area contributed by atoms with Crippen LogP contribution in [0.15, 0.2) is 9.59 Å². The number of aliphatic carboxylic acids is 3. The molecule has 0 saturated carbocycles. The van der Waals surface area contributed by atoms with E-state index in [0.29, 0.717) is 64.8 Å². The highest BCUT2D eigenvalue weighted by atomic mass is 16.4. The molecule has 1 atom stereocenters. The molecule has 1 saturated heterocycles. The second-order valence-corrected chi connectivity index (χ2v) is 12.4. The van der Waals surface area contributed by atoms with Crippen molar-refractivity contribution in [3.05, 3.63) is 20.4 Å². The van der Waals surface area contributed by atoms with Gasteiger partial charge < -0.3 is 37.0 Å². The number of anilines is 2. The molecule has 272 valence electrons. The summed E-state index contributed by atoms with van der Waals surface area (Å²) in [4.78, 5) is 78.3. The molecule has 0 aromatic heterocycles. The van der Waals surface area contributed by atoms with Gasteiger partial charge in [-0.1, -0.05) is 13.8 Å². The Balaban J connectivity index is 1.95. The second-order valence-electron chi connectivity index (χ2n) is 12.4. The first-order valence-corrected chi connectivity index (χ1v) is 16.4. The lowest BCUT2D eigenvalue weighted by Gasteiger charge is -2.33. The summed E-state index contributed by atoms with van der Waals surface area (Å²) in [5.41, 5.74) is 5.22. The molecule has 48 heavy (non-hydrogen) atoms. The van der Waals surface area contributed by atoms with E-state index in [1.807, 2.05) is 4.90 Å². The predicted octanol–water partition coefficient (Wildman–Crippen LogP) is -2.99. The molecule has 18 heteroatoms. The van der Waals surface area contributed by atoms with Crippen molar-refractivity contribution in [3.8, 4) is 0 Å². The number of rotatable bonds is 20. The van der Waals surface area contributed by atoms with E-state index in [-0.39, 0.29) is 63.2 Å². The third-order valence-electron chi connectivity index (χ3n) is 8.02. The number of nitrogens with one attached hydrogen (secondary N) is 4. The topological polar surface area (TPSA) is 250 Å². The summed E-state index contributed by atoms with van der Waals surface area (Å²) < 4.78 is 0. The maximum absolute atomic E-state index is 12.9. The molecule has 0 bridgehead atoms. The molecular formula is C30H53N9O9. The van der Waals surface area contributed by atoms with Gasteiger partial charge in [-0.3, -0.25) is 53.7 Å². The minimum Gasteiger partial charge on any atom is -0.480 e. The quantitative estimate of drug-likeness (QED) is 0.0504. The minimum atomic E-state index is -1.03. The Morgan fingerprint density at radius 2 is 1.10 bits per heavy atom. The first kappa shape index (κ1) is 40.5. The highest BCUT2D eigenvalue weighted by Crippen LogP contribution is 2.14. The van der Waals surface area contributed by atoms with E-state index in [0.717, 1.165) is 12.8 Å². The Morgan fingerprint density at radius 1 is 0.688 bits per heavy atom. The molecule has 0 unspecified atom stereocenters. The van der Waals surface area contributed by atoms with E-state index in [4.69, 9.17) is 5.73 Å². The molecule has 2 rings (SSSR count). The van der Waals surface area contributed by atoms with Crippen molar-refractivity contribution in [2.24, 2.45) is 11.7 Å². The number of hydrogen-bond acceptors (Lipinski definition) is 14. The van der Waals surface area contributed by atoms with Gasteiger partial charge in [0.1, 0.15) is 11.4 Å². The van der Waals surface area contributed by atoms with Crippen LogP contribution in [0, 0.1) is 5.92 Å². The van der Waals surface area contributed by atoms with Gasteiger partial charge in [0, 0.05) is 85.2 Å². The van der Waals surface area contributed by atoms with Gasteiger partial charge in [-0.25, -0.2) is 0 Å². The van der Waals surface area contributed by atoms with Crippen molar-refractivity contribution in [2.75, 3.05) is 115 Å². The predicted molar refractivity (Wildman–Crippen MR) is 180 cm³/mol. The number of amides is 1. The second kappa shape index (κ2) is 21.3. The highest BCUT2D eigenvalue weighted by molar-refractivity contribution is 5.82. The smallest absolute Gasteiger partial charge is 0.317 e. The van der Waals surface area contributed by atoms with Crippen molar-refractivity contribution in [2.45, 2.75) is 32.7 Å². The molecule has 0 radical (unpaired) electrons. The van der Waals surface area contributed by atoms with Gasteiger partial charge in [-0.15, -0.1) is 0 Å². The number of hydrogen-bond donors (Lipinski definition) is 8. The summed E-state index contributed by atoms with van der Waals surface area (Å²) >= 11 is 0. The Morgan fingerprint density at radius 3 is 1.50 bits per heavy atom. The summed E-state index contributed by atoms with van der Waals surface area (Å²) in [6, 6.07) is -0.773. The molecule has 1 aliphatic rings. The first-order valence-electron chi connectivity index (χ1n) is 16.4. The Bertz CT molecular complexity index is 1220. The maximum atomic E-state index is 12.9. The van der Waals surface area contributed by atoms with E-state index in [9.17, 15) is 44.1 Å². The van der Waals surface area contributed by atoms with Crippen LogP contribution in [0.25, 0.3) is 0 Å². The van der Waals surface area contributed by atoms with Gasteiger partial charge in [0.25, 0.3) is 10.9 Å². The van der Waals surface area contributed by atoms with Crippen molar-refractivity contribution < 1.29 is 34.5 Å². The molecule has 0 aliphatic carbocycles. The molecule has 1 aliphatic heterocycles. The summed E-state index contributed by atoms with van der Waals surface area (Å²) in [6.07, 6.45) is 1.86. The van der Waals surface area contributed by atoms with E-state index in [1.165, 1.54) is 0 Å². The summed E-state index contributed by atoms with van der Waals surface area (Å²) in [7, 11) is 0. The largest absolute Gasteiger partial charge is 0.480 e. The number of nitrogens with two attached hydrogens (primary N) is 1. The zero-order valence-corrected chi connectivity index (χ0v) is 28.0. The average molecular weight is 684 g/mol. The van der Waals surface area contributed by atoms with Crippen LogP contribution in [-0.4, -0.2) is 170 Å². The first-order chi connectivity index (χ1) is 22.8. The fraction of sp³-hybridized carbons (Fsp3) is 0.733. The fourth-order valence-electron chi connectivity index (χ4n) is 5.26. The molecule has 1 aromatic carbocycles. The Hall–Kier alpha value is -3.68. The number of carbonyl (C=O) groups excluding carboxylic acids is 1. The standard InChI is InChI=1S/C30H53N9O9/c1-21(2)4-3-5-32-26-27(29(47)28(26)46)33-6-7-34-30(48)22(16-31)35-20-39-14-12-37(18-24(42)43)10-8-36(17-23(40)41)9-11-38(13-15-39)19-25(44)45/h21-22,32-33,35H,3-20,31H2,1-2H3,(H,34,48)(H,40,41)(H,42,43)(H,44,45)/t22-/m1/s1. The normalized spacial score (nSPS) is 17.0. The lowest BCUT2D eigenvalue weighted by atomic mass is 10.1. The number of carbonyl (C=O) groups is 4. The van der Waals surface area contributed by atoms with Crippen LogP contribution in [0.1, 0.15) is 26.7 Å². The Kier molecular flexibility index (Phi) is 18.0. The van der Waals surface area contributed by atoms with E-state index >= 15 is 0 Å². The van der Waals surface area contributed by atoms with Gasteiger partial charge in [0.05, 0.1) is 25.7 Å². The van der Waals surface area contributed by atoms with Crippen LogP contribution in [0.5, 0.6) is 0 Å². The number of nitrogens with zero attached hydrogens (tertiary/aromatic N) is 4. The molecular weight excluding hydrogens is 630 g/mol. The van der Waals surface area contributed by atoms with Crippen molar-refractivity contribution in [3.63, 3.8) is 0 Å². The lowest BCUT2D eigenvalue weighted by molar-refractivity contribution is -0.140. The number of carboxylic acid groups (broad SMARTS) is 3. The molecule has 1 heterocycles. The van der Waals surface area contributed by atoms with Crippen molar-refractivity contribution in [1.29, 1.82) is 0 Å². The molecule has 9 N–H and O–H groups in total. The number of carboxylic acids is 3. The van der Waals surface area contributed by atoms with Crippen LogP contribution >= 0.6 is 0 Å². The molecule has 1 fully saturated rings. The van der Waals surface area contributed by atoms with Crippen LogP contribution in [-0.2, 0) is 19.2 Å². The molecule has 0 spiro atoms. The molecule has 18 nitrogen and oxygen atoms in total. The van der Waals surface area contributed by atoms with E-state index in [2.05, 4.69) is 35.1 Å². The SMILES string of the molecule is CC(C)CCCNc1c(NCCNC(=O)[C@@H](CN)NCN2CCN(CC(=O)O)CCN(CC(=O)O)CCN(CC(=O)O)CC2)c(=O)c1=O. The van der Waals surface area contributed by atoms with Crippen molar-refractivity contribution >= 4 is 35.2 Å². The molecule has 1 amide bonds. The lowest BCUT2D eigenvalue weighted by Crippen LogP contribution is -2.54. The van der Waals surface area contributed by atoms with Crippen LogP contribution in [0.4, 0.5) is 11.4 Å². The fourth-order valence-corrected chi connectivity index (χ4v) is 5.26. The zero-order chi connectivity index (χ0) is 35.6. The van der Waals surface area contributed by atoms with Crippen molar-refractivity contribution in [1.82, 2.24) is 30.2 Å². The van der Waals surface area contributed by atoms with Crippen LogP contribution in [0.2, 0.25) is 0 Å². The van der Waals surface area contributed by atoms with Gasteiger partial charge >= 0.3 is 17.9 Å². The zero-order valence-electron chi connectivity index (χ0n) is 28.0. The van der Waals surface area contributed by atoms with Gasteiger partial charge in [0.2, 0.25) is 5.91 Å². The van der Waals surface area contributed by atoms with E-state index in [1.54, 1.807) is 14.7 Å². The monoisotopic (exact) mass is 683 g/mol. The van der Waals surface area contributed by atoms with E-state index < -0.39 is 34.8 Å². The van der Waals surface area contributed by atoms with Gasteiger partial charge in [-0.05, 0) is 18.8 Å². The summed E-state index contributed by atoms with van der Waals surface area (Å²) in [5.74, 6) is -2.90. The van der Waals surface area contributed by atoms with Gasteiger partial charge in [-0.2, -0.15) is 0 Å². The minimum absolute atomic E-state index is 0.0224.